The summed E-state index contributed by atoms with van der Waals surface area (Å²) >= 11 is 0. The summed E-state index contributed by atoms with van der Waals surface area (Å²) in [6, 6.07) is 20.5. The molecule has 3 aliphatic rings. The molecule has 0 saturated carbocycles. The molecule has 5 rings (SSSR count). The molecular weight excluding hydrogens is 354 g/mol. The minimum Gasteiger partial charge on any atom is -0.395 e. The second-order valence-electron chi connectivity index (χ2n) is 8.28. The highest BCUT2D eigenvalue weighted by Gasteiger charge is 2.51. The van der Waals surface area contributed by atoms with Crippen molar-refractivity contribution in [3.63, 3.8) is 0 Å². The Hall–Kier alpha value is -1.76. The number of nitrogens with zero attached hydrogens (tertiary/aromatic N) is 1. The average Bonchev–Trinajstić information content (AvgIpc) is 2.74. The van der Waals surface area contributed by atoms with Crippen molar-refractivity contribution in [2.75, 3.05) is 26.4 Å². The molecule has 1 N–H and O–H groups in total. The molecule has 2 aromatic rings. The van der Waals surface area contributed by atoms with Crippen LogP contribution in [0.4, 0.5) is 0 Å². The molecular formula is C23H29NO4. The van der Waals surface area contributed by atoms with Crippen LogP contribution in [0.3, 0.4) is 0 Å². The van der Waals surface area contributed by atoms with Gasteiger partial charge in [-0.2, -0.15) is 0 Å². The number of aliphatic hydroxyl groups excluding tert-OH is 1. The van der Waals surface area contributed by atoms with E-state index in [0.29, 0.717) is 26.2 Å². The van der Waals surface area contributed by atoms with Crippen molar-refractivity contribution in [1.82, 2.24) is 4.90 Å². The van der Waals surface area contributed by atoms with E-state index in [9.17, 15) is 5.11 Å². The van der Waals surface area contributed by atoms with E-state index in [1.165, 1.54) is 11.1 Å². The van der Waals surface area contributed by atoms with E-state index >= 15 is 0 Å². The van der Waals surface area contributed by atoms with Gasteiger partial charge in [-0.15, -0.1) is 0 Å². The van der Waals surface area contributed by atoms with Crippen LogP contribution in [0.2, 0.25) is 0 Å². The molecule has 28 heavy (non-hydrogen) atoms. The Kier molecular flexibility index (Phi) is 5.80. The first kappa shape index (κ1) is 19.6. The van der Waals surface area contributed by atoms with Gasteiger partial charge in [0.2, 0.25) is 0 Å². The van der Waals surface area contributed by atoms with Gasteiger partial charge in [-0.1, -0.05) is 67.6 Å². The predicted molar refractivity (Wildman–Crippen MR) is 106 cm³/mol. The van der Waals surface area contributed by atoms with Crippen LogP contribution < -0.4 is 0 Å². The normalized spacial score (nSPS) is 27.8. The third-order valence-corrected chi connectivity index (χ3v) is 5.59. The van der Waals surface area contributed by atoms with Gasteiger partial charge in [0.25, 0.3) is 5.97 Å². The van der Waals surface area contributed by atoms with Crippen LogP contribution in [-0.2, 0) is 27.3 Å². The molecule has 0 amide bonds. The van der Waals surface area contributed by atoms with Crippen molar-refractivity contribution in [3.05, 3.63) is 71.8 Å². The average molecular weight is 383 g/mol. The fraction of sp³-hybridized carbons (Fsp3) is 0.478. The van der Waals surface area contributed by atoms with Gasteiger partial charge in [-0.25, -0.2) is 0 Å². The fourth-order valence-electron chi connectivity index (χ4n) is 3.83. The van der Waals surface area contributed by atoms with Gasteiger partial charge in [0.1, 0.15) is 0 Å². The van der Waals surface area contributed by atoms with Crippen LogP contribution in [0.1, 0.15) is 24.5 Å². The first-order valence-electron chi connectivity index (χ1n) is 9.94. The molecule has 1 atom stereocenters. The smallest absolute Gasteiger partial charge is 0.284 e. The lowest BCUT2D eigenvalue weighted by Crippen LogP contribution is -2.61. The molecule has 3 saturated heterocycles. The van der Waals surface area contributed by atoms with Crippen molar-refractivity contribution in [2.45, 2.75) is 38.4 Å². The maximum absolute atomic E-state index is 10.2. The van der Waals surface area contributed by atoms with Crippen LogP contribution in [-0.4, -0.2) is 48.4 Å². The van der Waals surface area contributed by atoms with Gasteiger partial charge in [-0.05, 0) is 11.1 Å². The molecule has 2 aromatic carbocycles. The van der Waals surface area contributed by atoms with E-state index in [0.717, 1.165) is 13.1 Å². The molecule has 0 aromatic heterocycles. The van der Waals surface area contributed by atoms with Gasteiger partial charge in [0.15, 0.2) is 0 Å². The zero-order chi connectivity index (χ0) is 19.5. The number of ether oxygens (including phenoxy) is 3. The van der Waals surface area contributed by atoms with Gasteiger partial charge in [-0.3, -0.25) is 4.90 Å². The molecule has 3 aliphatic heterocycles. The second kappa shape index (κ2) is 8.31. The summed E-state index contributed by atoms with van der Waals surface area (Å²) in [5.74, 6) is -1.04. The Morgan fingerprint density at radius 1 is 0.857 bits per heavy atom. The fourth-order valence-corrected chi connectivity index (χ4v) is 3.83. The Balaban J connectivity index is 1.52. The standard InChI is InChI=1S/C23H29NO4/c1-22-16-26-23(27-17-22,28-18-22)12-21(15-25)24(13-19-8-4-2-5-9-19)14-20-10-6-3-7-11-20/h2-11,21,25H,12-18H2,1H3/t21-,22?,23?/m0/s1. The third kappa shape index (κ3) is 4.45. The number of benzene rings is 2. The Labute approximate surface area is 166 Å². The monoisotopic (exact) mass is 383 g/mol. The zero-order valence-corrected chi connectivity index (χ0v) is 16.4. The molecule has 0 radical (unpaired) electrons. The van der Waals surface area contributed by atoms with E-state index in [1.54, 1.807) is 0 Å². The molecule has 3 heterocycles. The molecule has 150 valence electrons. The van der Waals surface area contributed by atoms with E-state index in [-0.39, 0.29) is 18.1 Å². The largest absolute Gasteiger partial charge is 0.395 e. The third-order valence-electron chi connectivity index (χ3n) is 5.59. The summed E-state index contributed by atoms with van der Waals surface area (Å²) in [4.78, 5) is 2.28. The Morgan fingerprint density at radius 2 is 1.32 bits per heavy atom. The Bertz CT molecular complexity index is 686. The lowest BCUT2D eigenvalue weighted by Gasteiger charge is -2.51. The number of rotatable bonds is 8. The quantitative estimate of drug-likeness (QED) is 0.759. The van der Waals surface area contributed by atoms with Crippen LogP contribution >= 0.6 is 0 Å². The van der Waals surface area contributed by atoms with Crippen molar-refractivity contribution < 1.29 is 19.3 Å². The van der Waals surface area contributed by atoms with Crippen LogP contribution in [0.25, 0.3) is 0 Å². The predicted octanol–water partition coefficient (Wildman–Crippen LogP) is 3.18. The highest BCUT2D eigenvalue weighted by Crippen LogP contribution is 2.41. The van der Waals surface area contributed by atoms with E-state index in [4.69, 9.17) is 14.2 Å². The van der Waals surface area contributed by atoms with E-state index in [2.05, 4.69) is 36.1 Å². The van der Waals surface area contributed by atoms with Crippen molar-refractivity contribution >= 4 is 0 Å². The molecule has 0 aliphatic carbocycles. The molecule has 0 unspecified atom stereocenters. The maximum Gasteiger partial charge on any atom is 0.284 e. The van der Waals surface area contributed by atoms with Crippen LogP contribution in [0.5, 0.6) is 0 Å². The minimum absolute atomic E-state index is 0.00870. The van der Waals surface area contributed by atoms with E-state index < -0.39 is 5.97 Å². The molecule has 0 spiro atoms. The van der Waals surface area contributed by atoms with Crippen LogP contribution in [0.15, 0.2) is 60.7 Å². The Morgan fingerprint density at radius 3 is 1.75 bits per heavy atom. The van der Waals surface area contributed by atoms with Gasteiger partial charge in [0, 0.05) is 31.0 Å². The maximum atomic E-state index is 10.2. The van der Waals surface area contributed by atoms with Gasteiger partial charge in [0.05, 0.1) is 26.4 Å². The van der Waals surface area contributed by atoms with Crippen molar-refractivity contribution in [1.29, 1.82) is 0 Å². The lowest BCUT2D eigenvalue weighted by atomic mass is 9.91. The lowest BCUT2D eigenvalue weighted by molar-refractivity contribution is -0.470. The summed E-state index contributed by atoms with van der Waals surface area (Å²) in [7, 11) is 0. The van der Waals surface area contributed by atoms with Crippen molar-refractivity contribution in [2.24, 2.45) is 5.41 Å². The van der Waals surface area contributed by atoms with Crippen LogP contribution in [0, 0.1) is 5.41 Å². The summed E-state index contributed by atoms with van der Waals surface area (Å²) in [5.41, 5.74) is 2.35. The van der Waals surface area contributed by atoms with Gasteiger partial charge < -0.3 is 19.3 Å². The number of aliphatic hydroxyl groups is 1. The number of hydrogen-bond acceptors (Lipinski definition) is 5. The summed E-state index contributed by atoms with van der Waals surface area (Å²) in [6.07, 6.45) is 0.471. The molecule has 5 nitrogen and oxygen atoms in total. The minimum atomic E-state index is -1.04. The summed E-state index contributed by atoms with van der Waals surface area (Å²) < 4.78 is 17.9. The van der Waals surface area contributed by atoms with E-state index in [1.807, 2.05) is 36.4 Å². The topological polar surface area (TPSA) is 51.2 Å². The van der Waals surface area contributed by atoms with Gasteiger partial charge >= 0.3 is 0 Å². The summed E-state index contributed by atoms with van der Waals surface area (Å²) in [5, 5.41) is 10.2. The highest BCUT2D eigenvalue weighted by atomic mass is 16.9. The molecule has 3 fully saturated rings. The first-order chi connectivity index (χ1) is 13.6. The SMILES string of the molecule is CC12COC(C[C@@H](CO)N(Cc3ccccc3)Cc3ccccc3)(OC1)OC2. The highest BCUT2D eigenvalue weighted by molar-refractivity contribution is 5.17. The molecule has 2 bridgehead atoms. The number of hydrogen-bond donors (Lipinski definition) is 1. The van der Waals surface area contributed by atoms with Crippen molar-refractivity contribution in [3.8, 4) is 0 Å². The zero-order valence-electron chi connectivity index (χ0n) is 16.4. The second-order valence-corrected chi connectivity index (χ2v) is 8.28. The number of fused-ring (bicyclic) bond motifs is 3. The molecule has 5 heteroatoms. The summed E-state index contributed by atoms with van der Waals surface area (Å²) in [6.45, 7) is 5.46. The first-order valence-corrected chi connectivity index (χ1v) is 9.94.